The minimum atomic E-state index is 0. The molecule has 0 fully saturated rings. The van der Waals surface area contributed by atoms with Crippen LogP contribution in [0.4, 0.5) is 0 Å². The molecule has 0 saturated carbocycles. The van der Waals surface area contributed by atoms with E-state index in [1.807, 2.05) is 146 Å². The molecule has 0 heterocycles. The Labute approximate surface area is 153 Å². The van der Waals surface area contributed by atoms with Gasteiger partial charge in [0.15, 0.2) is 0 Å². The molecule has 0 N–H and O–H groups in total. The van der Waals surface area contributed by atoms with Crippen LogP contribution in [-0.4, -0.2) is 0 Å². The first kappa shape index (κ1) is 21.9. The molecular weight excluding hydrogens is 300 g/mol. The van der Waals surface area contributed by atoms with Crippen LogP contribution in [0.15, 0.2) is 146 Å². The van der Waals surface area contributed by atoms with Crippen LogP contribution in [0.25, 0.3) is 0 Å². The molecule has 0 bridgehead atoms. The quantitative estimate of drug-likeness (QED) is 0.332. The van der Waals surface area contributed by atoms with Gasteiger partial charge in [0.1, 0.15) is 0 Å². The highest BCUT2D eigenvalue weighted by Gasteiger charge is 1.59. The number of rotatable bonds is 0. The van der Waals surface area contributed by atoms with Gasteiger partial charge in [-0.25, -0.2) is 0 Å². The predicted octanol–water partition coefficient (Wildman–Crippen LogP) is 6.83. The Hall–Kier alpha value is -3.12. The fourth-order valence-electron chi connectivity index (χ4n) is 1.54. The van der Waals surface area contributed by atoms with E-state index < -0.39 is 0 Å². The van der Waals surface area contributed by atoms with Crippen molar-refractivity contribution in [1.29, 1.82) is 0 Å². The summed E-state index contributed by atoms with van der Waals surface area (Å²) in [5.41, 5.74) is 0. The van der Waals surface area contributed by atoms with Crippen LogP contribution in [0.3, 0.4) is 0 Å². The molecule has 0 aliphatic rings. The summed E-state index contributed by atoms with van der Waals surface area (Å²) in [6.07, 6.45) is 0. The van der Waals surface area contributed by atoms with E-state index in [2.05, 4.69) is 0 Å². The van der Waals surface area contributed by atoms with E-state index in [9.17, 15) is 0 Å². The van der Waals surface area contributed by atoms with Crippen LogP contribution in [0.1, 0.15) is 0 Å². The molecule has 0 heteroatoms. The van der Waals surface area contributed by atoms with Gasteiger partial charge < -0.3 is 0 Å². The normalized spacial score (nSPS) is 7.68. The SMILES string of the molecule is [C].c1ccccc1.c1ccccc1.c1ccccc1.c1ccccc1. The maximum atomic E-state index is 2.00. The van der Waals surface area contributed by atoms with Crippen molar-refractivity contribution in [3.8, 4) is 0 Å². The van der Waals surface area contributed by atoms with E-state index in [-0.39, 0.29) is 7.43 Å². The van der Waals surface area contributed by atoms with Crippen LogP contribution in [0.5, 0.6) is 0 Å². The van der Waals surface area contributed by atoms with E-state index in [1.54, 1.807) is 0 Å². The molecule has 0 unspecified atom stereocenters. The molecule has 4 radical (unpaired) electrons. The van der Waals surface area contributed by atoms with Crippen molar-refractivity contribution in [2.75, 3.05) is 0 Å². The van der Waals surface area contributed by atoms with Crippen molar-refractivity contribution in [2.24, 2.45) is 0 Å². The molecule has 124 valence electrons. The zero-order chi connectivity index (χ0) is 17.0. The second-order valence-electron chi connectivity index (χ2n) is 4.62. The average molecular weight is 324 g/mol. The van der Waals surface area contributed by atoms with Crippen LogP contribution in [0, 0.1) is 7.43 Å². The zero-order valence-corrected chi connectivity index (χ0v) is 14.4. The Morgan fingerprint density at radius 3 is 0.200 bits per heavy atom. The van der Waals surface area contributed by atoms with Gasteiger partial charge in [-0.1, -0.05) is 146 Å². The molecule has 0 aliphatic heterocycles. The molecule has 4 rings (SSSR count). The third kappa shape index (κ3) is 17.1. The molecule has 25 heavy (non-hydrogen) atoms. The third-order valence-corrected chi connectivity index (χ3v) is 2.67. The minimum Gasteiger partial charge on any atom is -0.0623 e. The van der Waals surface area contributed by atoms with E-state index in [0.717, 1.165) is 0 Å². The molecule has 0 amide bonds. The summed E-state index contributed by atoms with van der Waals surface area (Å²) in [4.78, 5) is 0. The molecule has 0 spiro atoms. The highest BCUT2D eigenvalue weighted by molar-refractivity contribution is 5.00. The molecule has 4 aromatic rings. The van der Waals surface area contributed by atoms with Crippen molar-refractivity contribution in [3.63, 3.8) is 0 Å². The van der Waals surface area contributed by atoms with Gasteiger partial charge in [-0.05, 0) is 0 Å². The first-order chi connectivity index (χ1) is 12.0. The van der Waals surface area contributed by atoms with Gasteiger partial charge in [0.25, 0.3) is 0 Å². The second kappa shape index (κ2) is 18.9. The monoisotopic (exact) mass is 324 g/mol. The van der Waals surface area contributed by atoms with Crippen molar-refractivity contribution >= 4 is 0 Å². The summed E-state index contributed by atoms with van der Waals surface area (Å²) in [7, 11) is 0. The van der Waals surface area contributed by atoms with Crippen LogP contribution in [0.2, 0.25) is 0 Å². The van der Waals surface area contributed by atoms with Gasteiger partial charge in [-0.2, -0.15) is 0 Å². The van der Waals surface area contributed by atoms with Crippen LogP contribution < -0.4 is 0 Å². The summed E-state index contributed by atoms with van der Waals surface area (Å²) in [5.74, 6) is 0. The van der Waals surface area contributed by atoms with Crippen LogP contribution >= 0.6 is 0 Å². The Kier molecular flexibility index (Phi) is 16.6. The molecule has 0 saturated heterocycles. The van der Waals surface area contributed by atoms with Gasteiger partial charge in [0, 0.05) is 7.43 Å². The Bertz CT molecular complexity index is 414. The lowest BCUT2D eigenvalue weighted by Gasteiger charge is -1.69. The van der Waals surface area contributed by atoms with Crippen molar-refractivity contribution in [3.05, 3.63) is 153 Å². The Balaban J connectivity index is 0.000000303. The van der Waals surface area contributed by atoms with E-state index in [1.165, 1.54) is 0 Å². The van der Waals surface area contributed by atoms with Gasteiger partial charge >= 0.3 is 0 Å². The molecule has 0 aromatic heterocycles. The summed E-state index contributed by atoms with van der Waals surface area (Å²) >= 11 is 0. The largest absolute Gasteiger partial charge is 0.0623 e. The maximum Gasteiger partial charge on any atom is 0 e. The molecule has 4 aromatic carbocycles. The van der Waals surface area contributed by atoms with Crippen LogP contribution in [-0.2, 0) is 0 Å². The minimum absolute atomic E-state index is 0. The summed E-state index contributed by atoms with van der Waals surface area (Å²) < 4.78 is 0. The topological polar surface area (TPSA) is 0 Å². The standard InChI is InChI=1S/4C6H6.C/c4*1-2-4-6-5-3-1;/h4*1-6H;. The van der Waals surface area contributed by atoms with Crippen molar-refractivity contribution in [2.45, 2.75) is 0 Å². The van der Waals surface area contributed by atoms with Gasteiger partial charge in [-0.3, -0.25) is 0 Å². The first-order valence-corrected chi connectivity index (χ1v) is 8.00. The molecule has 0 aliphatic carbocycles. The highest BCUT2D eigenvalue weighted by atomic mass is 13.7. The van der Waals surface area contributed by atoms with Crippen molar-refractivity contribution < 1.29 is 0 Å². The molecular formula is C25H24. The third-order valence-electron chi connectivity index (χ3n) is 2.67. The summed E-state index contributed by atoms with van der Waals surface area (Å²) in [5, 5.41) is 0. The van der Waals surface area contributed by atoms with Gasteiger partial charge in [-0.15, -0.1) is 0 Å². The predicted molar refractivity (Wildman–Crippen MR) is 109 cm³/mol. The van der Waals surface area contributed by atoms with Gasteiger partial charge in [0.2, 0.25) is 0 Å². The number of benzene rings is 4. The fourth-order valence-corrected chi connectivity index (χ4v) is 1.54. The Morgan fingerprint density at radius 2 is 0.160 bits per heavy atom. The van der Waals surface area contributed by atoms with E-state index in [4.69, 9.17) is 0 Å². The molecule has 0 atom stereocenters. The lowest BCUT2D eigenvalue weighted by atomic mass is 10.4. The Morgan fingerprint density at radius 1 is 0.120 bits per heavy atom. The van der Waals surface area contributed by atoms with Gasteiger partial charge in [0.05, 0.1) is 0 Å². The lowest BCUT2D eigenvalue weighted by molar-refractivity contribution is 1.72. The van der Waals surface area contributed by atoms with E-state index in [0.29, 0.717) is 0 Å². The number of hydrogen-bond acceptors (Lipinski definition) is 0. The van der Waals surface area contributed by atoms with E-state index >= 15 is 0 Å². The lowest BCUT2D eigenvalue weighted by Crippen LogP contribution is -1.47. The van der Waals surface area contributed by atoms with Crippen molar-refractivity contribution in [1.82, 2.24) is 0 Å². The smallest absolute Gasteiger partial charge is 0 e. The average Bonchev–Trinajstić information content (AvgIpc) is 2.75. The first-order valence-electron chi connectivity index (χ1n) is 8.00. The summed E-state index contributed by atoms with van der Waals surface area (Å²) in [6.45, 7) is 0. The maximum absolute atomic E-state index is 2.00. The molecule has 0 nitrogen and oxygen atoms in total. The summed E-state index contributed by atoms with van der Waals surface area (Å²) in [6, 6.07) is 48.0. The number of hydrogen-bond donors (Lipinski definition) is 0. The highest BCUT2D eigenvalue weighted by Crippen LogP contribution is 1.81. The fraction of sp³-hybridized carbons (Fsp3) is 0. The second-order valence-corrected chi connectivity index (χ2v) is 4.62. The zero-order valence-electron chi connectivity index (χ0n) is 14.4.